The molecule has 2 aromatic rings. The Balaban J connectivity index is 2.79. The van der Waals surface area contributed by atoms with Crippen molar-refractivity contribution < 1.29 is 4.39 Å². The second kappa shape index (κ2) is 3.59. The van der Waals surface area contributed by atoms with Crippen molar-refractivity contribution in [2.45, 2.75) is 19.6 Å². The van der Waals surface area contributed by atoms with Gasteiger partial charge in [0.2, 0.25) is 0 Å². The lowest BCUT2D eigenvalue weighted by Gasteiger charge is -2.19. The van der Waals surface area contributed by atoms with E-state index in [9.17, 15) is 4.39 Å². The van der Waals surface area contributed by atoms with Crippen LogP contribution in [-0.2, 0) is 0 Å². The molecule has 0 radical (unpaired) electrons. The van der Waals surface area contributed by atoms with Gasteiger partial charge in [0, 0.05) is 20.7 Å². The summed E-state index contributed by atoms with van der Waals surface area (Å²) < 4.78 is 16.6. The zero-order valence-corrected chi connectivity index (χ0v) is 12.2. The molecule has 1 nitrogen and oxygen atoms in total. The van der Waals surface area contributed by atoms with E-state index in [1.807, 2.05) is 6.07 Å². The average Bonchev–Trinajstić information content (AvgIpc) is 2.43. The van der Waals surface area contributed by atoms with Crippen LogP contribution in [0.5, 0.6) is 0 Å². The molecule has 1 aromatic carbocycles. The molecule has 0 fully saturated rings. The minimum absolute atomic E-state index is 0.159. The fourth-order valence-electron chi connectivity index (χ4n) is 1.72. The van der Waals surface area contributed by atoms with Gasteiger partial charge in [0.1, 0.15) is 5.82 Å². The van der Waals surface area contributed by atoms with E-state index in [0.717, 1.165) is 14.5 Å². The van der Waals surface area contributed by atoms with Crippen molar-refractivity contribution in [3.05, 3.63) is 33.8 Å². The molecule has 0 unspecified atom stereocenters. The highest BCUT2D eigenvalue weighted by Crippen LogP contribution is 2.26. The maximum atomic E-state index is 13.1. The number of fused-ring (bicyclic) bond motifs is 1. The standard InChI is InChI=1S/C11H13FINSi/c1-15(2,3)14-7-10(13)9-6-8(12)4-5-11(9)14/h4-7H,1-3H3. The van der Waals surface area contributed by atoms with Gasteiger partial charge in [-0.2, -0.15) is 0 Å². The Bertz CT molecular complexity index is 513. The molecule has 15 heavy (non-hydrogen) atoms. The Morgan fingerprint density at radius 3 is 2.53 bits per heavy atom. The van der Waals surface area contributed by atoms with Gasteiger partial charge in [0.05, 0.1) is 0 Å². The van der Waals surface area contributed by atoms with Crippen molar-refractivity contribution in [2.24, 2.45) is 0 Å². The largest absolute Gasteiger partial charge is 0.374 e. The number of benzene rings is 1. The van der Waals surface area contributed by atoms with Crippen LogP contribution in [0.1, 0.15) is 0 Å². The van der Waals surface area contributed by atoms with E-state index in [1.54, 1.807) is 6.07 Å². The summed E-state index contributed by atoms with van der Waals surface area (Å²) >= 11 is 2.27. The first-order chi connectivity index (χ1) is 6.89. The van der Waals surface area contributed by atoms with Crippen LogP contribution in [-0.4, -0.2) is 12.5 Å². The van der Waals surface area contributed by atoms with E-state index < -0.39 is 8.24 Å². The van der Waals surface area contributed by atoms with Crippen molar-refractivity contribution in [3.8, 4) is 0 Å². The molecule has 0 saturated heterocycles. The number of hydrogen-bond donors (Lipinski definition) is 0. The van der Waals surface area contributed by atoms with Gasteiger partial charge in [-0.05, 0) is 40.8 Å². The number of hydrogen-bond acceptors (Lipinski definition) is 0. The van der Waals surface area contributed by atoms with E-state index in [2.05, 4.69) is 52.7 Å². The third kappa shape index (κ3) is 1.97. The van der Waals surface area contributed by atoms with E-state index in [4.69, 9.17) is 0 Å². The molecule has 0 aliphatic heterocycles. The van der Waals surface area contributed by atoms with Gasteiger partial charge in [-0.1, -0.05) is 19.6 Å². The zero-order chi connectivity index (χ0) is 11.2. The maximum Gasteiger partial charge on any atom is 0.152 e. The van der Waals surface area contributed by atoms with Gasteiger partial charge >= 0.3 is 0 Å². The molecule has 0 N–H and O–H groups in total. The molecule has 0 atom stereocenters. The molecule has 0 bridgehead atoms. The first kappa shape index (κ1) is 11.1. The summed E-state index contributed by atoms with van der Waals surface area (Å²) in [7, 11) is -1.40. The Hall–Kier alpha value is -0.363. The molecule has 80 valence electrons. The monoisotopic (exact) mass is 333 g/mol. The predicted molar refractivity (Wildman–Crippen MR) is 73.4 cm³/mol. The normalized spacial score (nSPS) is 12.3. The Morgan fingerprint density at radius 2 is 1.93 bits per heavy atom. The fourth-order valence-corrected chi connectivity index (χ4v) is 4.12. The minimum atomic E-state index is -1.40. The van der Waals surface area contributed by atoms with Gasteiger partial charge in [0.15, 0.2) is 8.24 Å². The van der Waals surface area contributed by atoms with Crippen molar-refractivity contribution in [2.75, 3.05) is 0 Å². The van der Waals surface area contributed by atoms with E-state index in [1.165, 1.54) is 6.07 Å². The van der Waals surface area contributed by atoms with Crippen molar-refractivity contribution in [3.63, 3.8) is 0 Å². The van der Waals surface area contributed by atoms with Crippen LogP contribution >= 0.6 is 22.6 Å². The van der Waals surface area contributed by atoms with Crippen molar-refractivity contribution >= 4 is 41.7 Å². The topological polar surface area (TPSA) is 4.93 Å². The molecule has 0 aliphatic rings. The molecular formula is C11H13FINSi. The molecule has 1 aromatic heterocycles. The quantitative estimate of drug-likeness (QED) is 0.548. The maximum absolute atomic E-state index is 13.1. The van der Waals surface area contributed by atoms with Crippen molar-refractivity contribution in [1.82, 2.24) is 4.23 Å². The highest BCUT2D eigenvalue weighted by Gasteiger charge is 2.19. The Kier molecular flexibility index (Phi) is 2.66. The molecule has 0 aliphatic carbocycles. The van der Waals surface area contributed by atoms with Crippen molar-refractivity contribution in [1.29, 1.82) is 0 Å². The predicted octanol–water partition coefficient (Wildman–Crippen LogP) is 4.07. The third-order valence-electron chi connectivity index (χ3n) is 2.44. The van der Waals surface area contributed by atoms with Crippen LogP contribution in [0, 0.1) is 9.39 Å². The third-order valence-corrected chi connectivity index (χ3v) is 5.12. The highest BCUT2D eigenvalue weighted by molar-refractivity contribution is 14.1. The van der Waals surface area contributed by atoms with E-state index in [-0.39, 0.29) is 5.82 Å². The molecule has 0 spiro atoms. The summed E-state index contributed by atoms with van der Waals surface area (Å²) in [4.78, 5) is 0. The molecule has 4 heteroatoms. The summed E-state index contributed by atoms with van der Waals surface area (Å²) in [6.07, 6.45) is 2.14. The lowest BCUT2D eigenvalue weighted by Crippen LogP contribution is -2.30. The summed E-state index contributed by atoms with van der Waals surface area (Å²) in [5, 5.41) is 1.03. The lowest BCUT2D eigenvalue weighted by molar-refractivity contribution is 0.629. The second-order valence-electron chi connectivity index (χ2n) is 4.68. The van der Waals surface area contributed by atoms with Gasteiger partial charge < -0.3 is 4.23 Å². The van der Waals surface area contributed by atoms with Gasteiger partial charge in [-0.25, -0.2) is 4.39 Å². The number of halogens is 2. The first-order valence-corrected chi connectivity index (χ1v) is 9.39. The van der Waals surface area contributed by atoms with Crippen LogP contribution in [0.2, 0.25) is 19.6 Å². The summed E-state index contributed by atoms with van der Waals surface area (Å²) in [5.41, 5.74) is 1.15. The van der Waals surface area contributed by atoms with Crippen LogP contribution < -0.4 is 0 Å². The number of nitrogens with zero attached hydrogens (tertiary/aromatic N) is 1. The molecule has 0 amide bonds. The smallest absolute Gasteiger partial charge is 0.152 e. The highest BCUT2D eigenvalue weighted by atomic mass is 127. The Labute approximate surface area is 104 Å². The van der Waals surface area contributed by atoms with E-state index >= 15 is 0 Å². The molecule has 1 heterocycles. The zero-order valence-electron chi connectivity index (χ0n) is 9.01. The fraction of sp³-hybridized carbons (Fsp3) is 0.273. The molecule has 2 rings (SSSR count). The number of aromatic nitrogens is 1. The van der Waals surface area contributed by atoms with Gasteiger partial charge in [-0.3, -0.25) is 0 Å². The second-order valence-corrected chi connectivity index (χ2v) is 10.7. The van der Waals surface area contributed by atoms with E-state index in [0.29, 0.717) is 0 Å². The Morgan fingerprint density at radius 1 is 1.27 bits per heavy atom. The van der Waals surface area contributed by atoms with Gasteiger partial charge in [0.25, 0.3) is 0 Å². The van der Waals surface area contributed by atoms with Crippen LogP contribution in [0.15, 0.2) is 24.4 Å². The van der Waals surface area contributed by atoms with Crippen LogP contribution in [0.25, 0.3) is 10.9 Å². The summed E-state index contributed by atoms with van der Waals surface area (Å²) in [5.74, 6) is -0.159. The molecule has 0 saturated carbocycles. The minimum Gasteiger partial charge on any atom is -0.374 e. The van der Waals surface area contributed by atoms with Crippen LogP contribution in [0.4, 0.5) is 4.39 Å². The number of rotatable bonds is 1. The summed E-state index contributed by atoms with van der Waals surface area (Å²) in [6.45, 7) is 6.85. The van der Waals surface area contributed by atoms with Crippen LogP contribution in [0.3, 0.4) is 0 Å². The summed E-state index contributed by atoms with van der Waals surface area (Å²) in [6, 6.07) is 5.04. The SMILES string of the molecule is C[Si](C)(C)n1cc(I)c2cc(F)ccc21. The lowest BCUT2D eigenvalue weighted by atomic mass is 10.2. The first-order valence-electron chi connectivity index (χ1n) is 4.86. The average molecular weight is 333 g/mol. The molecular weight excluding hydrogens is 320 g/mol. The van der Waals surface area contributed by atoms with Gasteiger partial charge in [-0.15, -0.1) is 0 Å².